The van der Waals surface area contributed by atoms with Crippen LogP contribution in [0.2, 0.25) is 0 Å². The summed E-state index contributed by atoms with van der Waals surface area (Å²) in [6.07, 6.45) is 9.16. The number of rotatable bonds is 1. The van der Waals surface area contributed by atoms with Crippen LogP contribution in [0, 0.1) is 0 Å². The summed E-state index contributed by atoms with van der Waals surface area (Å²) >= 11 is 0. The van der Waals surface area contributed by atoms with E-state index in [4.69, 9.17) is 9.47 Å². The lowest BCUT2D eigenvalue weighted by Crippen LogP contribution is -2.49. The zero-order chi connectivity index (χ0) is 21.2. The van der Waals surface area contributed by atoms with Crippen molar-refractivity contribution in [3.05, 3.63) is 43.1 Å². The molecule has 2 aromatic heterocycles. The van der Waals surface area contributed by atoms with Crippen LogP contribution in [-0.2, 0) is 9.53 Å². The molecule has 4 heterocycles. The molecule has 5 rings (SSSR count). The van der Waals surface area contributed by atoms with Gasteiger partial charge in [-0.25, -0.2) is 9.97 Å². The SMILES string of the molecule is CN1CC[C@H]2C[C@H]1C(=O)OCCCOc1c(-c3cncnc3)ccc3ncc(cc13)N2. The summed E-state index contributed by atoms with van der Waals surface area (Å²) in [4.78, 5) is 27.7. The summed E-state index contributed by atoms with van der Waals surface area (Å²) in [7, 11) is 1.98. The molecule has 160 valence electrons. The van der Waals surface area contributed by atoms with Crippen molar-refractivity contribution in [1.82, 2.24) is 19.9 Å². The van der Waals surface area contributed by atoms with Crippen LogP contribution in [0.5, 0.6) is 5.75 Å². The molecule has 0 radical (unpaired) electrons. The summed E-state index contributed by atoms with van der Waals surface area (Å²) in [6, 6.07) is 6.00. The number of hydrogen-bond donors (Lipinski definition) is 1. The van der Waals surface area contributed by atoms with Crippen LogP contribution in [-0.4, -0.2) is 64.7 Å². The van der Waals surface area contributed by atoms with E-state index >= 15 is 0 Å². The van der Waals surface area contributed by atoms with Crippen LogP contribution >= 0.6 is 0 Å². The van der Waals surface area contributed by atoms with Gasteiger partial charge in [0.15, 0.2) is 0 Å². The van der Waals surface area contributed by atoms with Crippen molar-refractivity contribution in [3.8, 4) is 16.9 Å². The Morgan fingerprint density at radius 2 is 1.97 bits per heavy atom. The highest BCUT2D eigenvalue weighted by molar-refractivity contribution is 5.94. The molecule has 8 nitrogen and oxygen atoms in total. The van der Waals surface area contributed by atoms with E-state index < -0.39 is 0 Å². The second-order valence-electron chi connectivity index (χ2n) is 8.09. The predicted molar refractivity (Wildman–Crippen MR) is 117 cm³/mol. The van der Waals surface area contributed by atoms with Gasteiger partial charge >= 0.3 is 5.97 Å². The van der Waals surface area contributed by atoms with Crippen molar-refractivity contribution >= 4 is 22.6 Å². The Kier molecular flexibility index (Phi) is 5.38. The van der Waals surface area contributed by atoms with Gasteiger partial charge in [-0.15, -0.1) is 0 Å². The number of likely N-dealkylation sites (N-methyl/N-ethyl adjacent to an activating group) is 1. The van der Waals surface area contributed by atoms with E-state index in [2.05, 4.69) is 31.2 Å². The third-order valence-corrected chi connectivity index (χ3v) is 5.98. The molecule has 0 amide bonds. The van der Waals surface area contributed by atoms with Gasteiger partial charge < -0.3 is 14.8 Å². The summed E-state index contributed by atoms with van der Waals surface area (Å²) in [5.41, 5.74) is 3.57. The highest BCUT2D eigenvalue weighted by atomic mass is 16.5. The summed E-state index contributed by atoms with van der Waals surface area (Å²) in [6.45, 7) is 1.60. The fourth-order valence-electron chi connectivity index (χ4n) is 4.30. The van der Waals surface area contributed by atoms with Crippen LogP contribution in [0.15, 0.2) is 43.1 Å². The fraction of sp³-hybridized carbons (Fsp3) is 0.391. The van der Waals surface area contributed by atoms with Gasteiger partial charge in [0.05, 0.1) is 30.6 Å². The minimum Gasteiger partial charge on any atom is -0.492 e. The Balaban J connectivity index is 1.57. The fourth-order valence-corrected chi connectivity index (χ4v) is 4.30. The standard InChI is InChI=1S/C23H25N5O3/c1-28-6-5-16-10-21(28)23(29)31-8-2-7-30-22-18(15-11-24-14-25-12-15)3-4-20-19(22)9-17(27-16)13-26-20/h3-4,9,11-14,16,21,27H,2,5-8,10H2,1H3/t16-,21-/m0/s1. The van der Waals surface area contributed by atoms with Gasteiger partial charge in [-0.2, -0.15) is 0 Å². The van der Waals surface area contributed by atoms with Crippen molar-refractivity contribution < 1.29 is 14.3 Å². The van der Waals surface area contributed by atoms with Crippen LogP contribution in [0.1, 0.15) is 19.3 Å². The Hall–Kier alpha value is -3.26. The summed E-state index contributed by atoms with van der Waals surface area (Å²) in [5, 5.41) is 4.51. The lowest BCUT2D eigenvalue weighted by atomic mass is 9.97. The minimum absolute atomic E-state index is 0.165. The average Bonchev–Trinajstić information content (AvgIpc) is 2.80. The quantitative estimate of drug-likeness (QED) is 0.603. The van der Waals surface area contributed by atoms with E-state index in [9.17, 15) is 4.79 Å². The third-order valence-electron chi connectivity index (χ3n) is 5.98. The molecule has 3 aromatic rings. The van der Waals surface area contributed by atoms with Gasteiger partial charge in [0.2, 0.25) is 0 Å². The highest BCUT2D eigenvalue weighted by Gasteiger charge is 2.32. The molecule has 1 fully saturated rings. The molecule has 8 heteroatoms. The third kappa shape index (κ3) is 4.03. The molecule has 2 aliphatic rings. The highest BCUT2D eigenvalue weighted by Crippen LogP contribution is 2.37. The van der Waals surface area contributed by atoms with E-state index in [0.717, 1.165) is 46.4 Å². The maximum absolute atomic E-state index is 12.6. The Morgan fingerprint density at radius 3 is 2.84 bits per heavy atom. The maximum atomic E-state index is 12.6. The van der Waals surface area contributed by atoms with Gasteiger partial charge in [0, 0.05) is 47.9 Å². The van der Waals surface area contributed by atoms with Crippen molar-refractivity contribution in [2.24, 2.45) is 0 Å². The number of nitrogens with zero attached hydrogens (tertiary/aromatic N) is 4. The molecular formula is C23H25N5O3. The molecular weight excluding hydrogens is 394 g/mol. The topological polar surface area (TPSA) is 89.5 Å². The van der Waals surface area contributed by atoms with Crippen molar-refractivity contribution in [3.63, 3.8) is 0 Å². The number of aromatic nitrogens is 3. The number of benzene rings is 1. The average molecular weight is 419 g/mol. The number of esters is 1. The Morgan fingerprint density at radius 1 is 1.13 bits per heavy atom. The van der Waals surface area contributed by atoms with Crippen molar-refractivity contribution in [2.75, 3.05) is 32.1 Å². The van der Waals surface area contributed by atoms with Gasteiger partial charge in [0.25, 0.3) is 0 Å². The molecule has 1 N–H and O–H groups in total. The first-order valence-electron chi connectivity index (χ1n) is 10.6. The van der Waals surface area contributed by atoms with Gasteiger partial charge in [-0.3, -0.25) is 14.7 Å². The Bertz CT molecular complexity index is 1090. The van der Waals surface area contributed by atoms with Crippen LogP contribution < -0.4 is 10.1 Å². The number of nitrogens with one attached hydrogen (secondary N) is 1. The zero-order valence-corrected chi connectivity index (χ0v) is 17.5. The number of fused-ring (bicyclic) bond motifs is 3. The molecule has 2 atom stereocenters. The Labute approximate surface area is 180 Å². The number of cyclic esters (lactones) is 1. The number of hydrogen-bond acceptors (Lipinski definition) is 8. The van der Waals surface area contributed by atoms with E-state index in [1.807, 2.05) is 25.4 Å². The molecule has 31 heavy (non-hydrogen) atoms. The smallest absolute Gasteiger partial charge is 0.323 e. The number of carbonyl (C=O) groups excluding carboxylic acids is 1. The van der Waals surface area contributed by atoms with Gasteiger partial charge in [0.1, 0.15) is 18.1 Å². The van der Waals surface area contributed by atoms with Crippen LogP contribution in [0.3, 0.4) is 0 Å². The molecule has 1 saturated heterocycles. The van der Waals surface area contributed by atoms with E-state index in [-0.39, 0.29) is 18.1 Å². The van der Waals surface area contributed by atoms with Crippen LogP contribution in [0.4, 0.5) is 5.69 Å². The second-order valence-corrected chi connectivity index (χ2v) is 8.09. The molecule has 0 unspecified atom stereocenters. The number of likely N-dealkylation sites (tertiary alicyclic amines) is 1. The normalized spacial score (nSPS) is 22.3. The maximum Gasteiger partial charge on any atom is 0.323 e. The molecule has 0 saturated carbocycles. The van der Waals surface area contributed by atoms with Gasteiger partial charge in [-0.1, -0.05) is 0 Å². The molecule has 4 bridgehead atoms. The number of pyridine rings is 1. The van der Waals surface area contributed by atoms with Crippen molar-refractivity contribution in [1.29, 1.82) is 0 Å². The summed E-state index contributed by atoms with van der Waals surface area (Å²) < 4.78 is 11.8. The molecule has 0 spiro atoms. The number of carbonyl (C=O) groups is 1. The molecule has 0 aliphatic carbocycles. The van der Waals surface area contributed by atoms with Crippen LogP contribution in [0.25, 0.3) is 22.0 Å². The van der Waals surface area contributed by atoms with Gasteiger partial charge in [-0.05, 0) is 38.1 Å². The number of piperidine rings is 1. The van der Waals surface area contributed by atoms with E-state index in [1.54, 1.807) is 12.4 Å². The largest absolute Gasteiger partial charge is 0.492 e. The number of ether oxygens (including phenoxy) is 2. The van der Waals surface area contributed by atoms with E-state index in [0.29, 0.717) is 26.1 Å². The van der Waals surface area contributed by atoms with Crippen molar-refractivity contribution in [2.45, 2.75) is 31.3 Å². The summed E-state index contributed by atoms with van der Waals surface area (Å²) in [5.74, 6) is 0.579. The lowest BCUT2D eigenvalue weighted by molar-refractivity contribution is -0.151. The first kappa shape index (κ1) is 19.7. The molecule has 1 aromatic carbocycles. The number of anilines is 1. The van der Waals surface area contributed by atoms with E-state index in [1.165, 1.54) is 6.33 Å². The monoisotopic (exact) mass is 419 g/mol. The second kappa shape index (κ2) is 8.47. The minimum atomic E-state index is -0.233. The predicted octanol–water partition coefficient (Wildman–Crippen LogP) is 2.89. The first-order valence-corrected chi connectivity index (χ1v) is 10.6. The first-order chi connectivity index (χ1) is 15.2. The molecule has 2 aliphatic heterocycles. The zero-order valence-electron chi connectivity index (χ0n) is 17.5. The lowest BCUT2D eigenvalue weighted by Gasteiger charge is -2.36.